The summed E-state index contributed by atoms with van der Waals surface area (Å²) in [7, 11) is 0. The van der Waals surface area contributed by atoms with Crippen LogP contribution in [0.2, 0.25) is 0 Å². The second-order valence-electron chi connectivity index (χ2n) is 5.53. The smallest absolute Gasteiger partial charge is 0.187 e. The molecule has 2 fully saturated rings. The third-order valence-electron chi connectivity index (χ3n) is 3.98. The van der Waals surface area contributed by atoms with E-state index in [0.717, 1.165) is 0 Å². The van der Waals surface area contributed by atoms with Crippen LogP contribution in [0, 0.1) is 0 Å². The van der Waals surface area contributed by atoms with Crippen molar-refractivity contribution in [2.24, 2.45) is 0 Å². The van der Waals surface area contributed by atoms with Gasteiger partial charge in [-0.05, 0) is 0 Å². The van der Waals surface area contributed by atoms with E-state index in [0.29, 0.717) is 0 Å². The number of rotatable bonds is 4. The van der Waals surface area contributed by atoms with Crippen molar-refractivity contribution in [1.82, 2.24) is 0 Å². The molecule has 0 aromatic carbocycles. The second-order valence-corrected chi connectivity index (χ2v) is 5.53. The van der Waals surface area contributed by atoms with Crippen LogP contribution in [0.4, 0.5) is 0 Å². The van der Waals surface area contributed by atoms with E-state index in [1.54, 1.807) is 0 Å². The molecule has 0 aliphatic carbocycles. The van der Waals surface area contributed by atoms with Gasteiger partial charge in [-0.25, -0.2) is 0 Å². The molecular formula is C12H22O11. The maximum absolute atomic E-state index is 9.94. The van der Waals surface area contributed by atoms with Gasteiger partial charge >= 0.3 is 0 Å². The summed E-state index contributed by atoms with van der Waals surface area (Å²) in [6.45, 7) is -1.35. The summed E-state index contributed by atoms with van der Waals surface area (Å²) in [5.41, 5.74) is 0. The lowest BCUT2D eigenvalue weighted by Gasteiger charge is -2.45. The van der Waals surface area contributed by atoms with Gasteiger partial charge in [0, 0.05) is 0 Å². The van der Waals surface area contributed by atoms with Crippen molar-refractivity contribution < 1.29 is 55.1 Å². The van der Waals surface area contributed by atoms with Gasteiger partial charge in [-0.2, -0.15) is 0 Å². The van der Waals surface area contributed by atoms with E-state index in [4.69, 9.17) is 19.3 Å². The Bertz CT molecular complexity index is 378. The van der Waals surface area contributed by atoms with Gasteiger partial charge in [0.05, 0.1) is 13.2 Å². The zero-order chi connectivity index (χ0) is 17.3. The van der Waals surface area contributed by atoms with E-state index in [-0.39, 0.29) is 0 Å². The Kier molecular flexibility index (Phi) is 6.27. The van der Waals surface area contributed by atoms with Crippen molar-refractivity contribution in [2.75, 3.05) is 13.2 Å². The number of aliphatic hydroxyl groups is 8. The Morgan fingerprint density at radius 3 is 1.83 bits per heavy atom. The number of aliphatic hydroxyl groups excluding tert-OH is 8. The first kappa shape index (κ1) is 18.9. The molecule has 11 heteroatoms. The van der Waals surface area contributed by atoms with Crippen LogP contribution in [0.5, 0.6) is 0 Å². The Morgan fingerprint density at radius 2 is 1.26 bits per heavy atom. The topological polar surface area (TPSA) is 190 Å². The van der Waals surface area contributed by atoms with Crippen LogP contribution >= 0.6 is 0 Å². The molecule has 2 saturated heterocycles. The van der Waals surface area contributed by atoms with E-state index >= 15 is 0 Å². The average Bonchev–Trinajstić information content (AvgIpc) is 2.55. The van der Waals surface area contributed by atoms with Crippen molar-refractivity contribution in [3.8, 4) is 0 Å². The molecule has 2 aliphatic heterocycles. The fourth-order valence-electron chi connectivity index (χ4n) is 2.57. The van der Waals surface area contributed by atoms with Gasteiger partial charge in [0.2, 0.25) is 0 Å². The molecule has 136 valence electrons. The quantitative estimate of drug-likeness (QED) is 0.243. The van der Waals surface area contributed by atoms with Crippen LogP contribution in [0.25, 0.3) is 0 Å². The minimum absolute atomic E-state index is 0.667. The molecule has 2 aliphatic rings. The van der Waals surface area contributed by atoms with Crippen LogP contribution in [0.3, 0.4) is 0 Å². The maximum Gasteiger partial charge on any atom is 0.187 e. The Hall–Kier alpha value is -0.440. The van der Waals surface area contributed by atoms with E-state index < -0.39 is 74.6 Å². The summed E-state index contributed by atoms with van der Waals surface area (Å²) in [6.07, 6.45) is -15.6. The Balaban J connectivity index is 2.11. The highest BCUT2D eigenvalue weighted by molar-refractivity contribution is 4.93. The van der Waals surface area contributed by atoms with Crippen molar-refractivity contribution >= 4 is 0 Å². The molecular weight excluding hydrogens is 320 g/mol. The van der Waals surface area contributed by atoms with Gasteiger partial charge < -0.3 is 55.1 Å². The van der Waals surface area contributed by atoms with Crippen molar-refractivity contribution in [1.29, 1.82) is 0 Å². The summed E-state index contributed by atoms with van der Waals surface area (Å²) in [4.78, 5) is 0. The predicted molar refractivity (Wildman–Crippen MR) is 68.6 cm³/mol. The van der Waals surface area contributed by atoms with Crippen LogP contribution in [-0.4, -0.2) is 115 Å². The number of hydrogen-bond acceptors (Lipinski definition) is 11. The highest BCUT2D eigenvalue weighted by atomic mass is 16.7. The predicted octanol–water partition coefficient (Wildman–Crippen LogP) is -5.40. The maximum atomic E-state index is 9.94. The van der Waals surface area contributed by atoms with E-state index in [1.165, 1.54) is 0 Å². The molecule has 8 N–H and O–H groups in total. The van der Waals surface area contributed by atoms with Crippen LogP contribution < -0.4 is 0 Å². The molecule has 2 heterocycles. The van der Waals surface area contributed by atoms with E-state index in [1.807, 2.05) is 0 Å². The number of hydrogen-bond donors (Lipinski definition) is 8. The molecule has 0 radical (unpaired) electrons. The molecule has 0 saturated carbocycles. The standard InChI is InChI=1S/C12H22O11/c13-1-3-5(15)6(16)9(19)12(22-3)23-10-4(2-14)21-11(20)8(18)7(10)17/h3-20H,1-2H2/t3?,4?,5-,6?,7?,8+,9+,10-,11?,12?/m0/s1. The third kappa shape index (κ3) is 3.65. The normalized spacial score (nSPS) is 51.7. The lowest BCUT2D eigenvalue weighted by Crippen LogP contribution is -2.64. The fourth-order valence-corrected chi connectivity index (χ4v) is 2.57. The molecule has 11 nitrogen and oxygen atoms in total. The fraction of sp³-hybridized carbons (Fsp3) is 1.00. The molecule has 0 amide bonds. The minimum Gasteiger partial charge on any atom is -0.394 e. The molecule has 0 aromatic heterocycles. The third-order valence-corrected chi connectivity index (χ3v) is 3.98. The van der Waals surface area contributed by atoms with Crippen molar-refractivity contribution in [3.63, 3.8) is 0 Å². The van der Waals surface area contributed by atoms with Crippen LogP contribution in [0.15, 0.2) is 0 Å². The highest BCUT2D eigenvalue weighted by Gasteiger charge is 2.50. The Labute approximate surface area is 130 Å². The van der Waals surface area contributed by atoms with Crippen molar-refractivity contribution in [2.45, 2.75) is 61.4 Å². The first-order valence-electron chi connectivity index (χ1n) is 7.08. The Morgan fingerprint density at radius 1 is 0.652 bits per heavy atom. The van der Waals surface area contributed by atoms with Gasteiger partial charge in [-0.1, -0.05) is 0 Å². The summed E-state index contributed by atoms with van der Waals surface area (Å²) < 4.78 is 15.3. The summed E-state index contributed by atoms with van der Waals surface area (Å²) in [6, 6.07) is 0. The highest BCUT2D eigenvalue weighted by Crippen LogP contribution is 2.28. The molecule has 2 rings (SSSR count). The van der Waals surface area contributed by atoms with Gasteiger partial charge in [-0.15, -0.1) is 0 Å². The van der Waals surface area contributed by atoms with E-state index in [2.05, 4.69) is 0 Å². The SMILES string of the molecule is OCC1OC(O[C@H]2C(CO)OC(O)[C@H](O)C2O)[C@H](O)C(O)[C@H]1O. The van der Waals surface area contributed by atoms with Gasteiger partial charge in [0.15, 0.2) is 12.6 Å². The van der Waals surface area contributed by atoms with Gasteiger partial charge in [0.1, 0.15) is 48.8 Å². The zero-order valence-electron chi connectivity index (χ0n) is 12.0. The molecule has 0 aromatic rings. The summed E-state index contributed by atoms with van der Waals surface area (Å²) in [5.74, 6) is 0. The largest absolute Gasteiger partial charge is 0.394 e. The molecule has 6 unspecified atom stereocenters. The lowest BCUT2D eigenvalue weighted by molar-refractivity contribution is -0.355. The van der Waals surface area contributed by atoms with Crippen LogP contribution in [0.1, 0.15) is 0 Å². The zero-order valence-corrected chi connectivity index (χ0v) is 12.0. The second kappa shape index (κ2) is 7.63. The number of ether oxygens (including phenoxy) is 3. The first-order chi connectivity index (χ1) is 10.8. The summed E-state index contributed by atoms with van der Waals surface area (Å²) >= 11 is 0. The molecule has 23 heavy (non-hydrogen) atoms. The molecule has 0 bridgehead atoms. The average molecular weight is 342 g/mol. The van der Waals surface area contributed by atoms with Crippen molar-refractivity contribution in [3.05, 3.63) is 0 Å². The minimum atomic E-state index is -1.74. The molecule has 10 atom stereocenters. The van der Waals surface area contributed by atoms with Gasteiger partial charge in [-0.3, -0.25) is 0 Å². The monoisotopic (exact) mass is 342 g/mol. The first-order valence-corrected chi connectivity index (χ1v) is 7.08. The van der Waals surface area contributed by atoms with Gasteiger partial charge in [0.25, 0.3) is 0 Å². The molecule has 0 spiro atoms. The summed E-state index contributed by atoms with van der Waals surface area (Å²) in [5, 5.41) is 76.5. The lowest BCUT2D eigenvalue weighted by atomic mass is 9.97. The van der Waals surface area contributed by atoms with E-state index in [9.17, 15) is 35.7 Å². The van der Waals surface area contributed by atoms with Crippen LogP contribution in [-0.2, 0) is 14.2 Å².